The number of ketones is 1. The van der Waals surface area contributed by atoms with Crippen molar-refractivity contribution in [2.45, 2.75) is 20.3 Å². The number of likely N-dealkylation sites (tertiary alicyclic amines) is 1. The van der Waals surface area contributed by atoms with E-state index in [4.69, 9.17) is 0 Å². The van der Waals surface area contributed by atoms with Crippen LogP contribution in [0, 0.1) is 5.92 Å². The summed E-state index contributed by atoms with van der Waals surface area (Å²) in [6.45, 7) is 10.7. The highest BCUT2D eigenvalue weighted by molar-refractivity contribution is 5.81. The van der Waals surface area contributed by atoms with E-state index in [9.17, 15) is 4.79 Å². The molecule has 1 rings (SSSR count). The predicted molar refractivity (Wildman–Crippen MR) is 50.0 cm³/mol. The highest BCUT2D eigenvalue weighted by Crippen LogP contribution is 2.12. The van der Waals surface area contributed by atoms with Crippen LogP contribution in [0.1, 0.15) is 20.3 Å². The Morgan fingerprint density at radius 3 is 2.92 bits per heavy atom. The lowest BCUT2D eigenvalue weighted by molar-refractivity contribution is -0.125. The molecule has 1 heterocycles. The first kappa shape index (κ1) is 9.46. The largest absolute Gasteiger partial charge is 0.299 e. The monoisotopic (exact) mass is 167 g/mol. The van der Waals surface area contributed by atoms with Crippen molar-refractivity contribution >= 4 is 5.78 Å². The molecule has 0 aliphatic carbocycles. The van der Waals surface area contributed by atoms with Crippen LogP contribution in [0.2, 0.25) is 0 Å². The van der Waals surface area contributed by atoms with E-state index in [-0.39, 0.29) is 5.92 Å². The Kier molecular flexibility index (Phi) is 3.04. The second kappa shape index (κ2) is 3.85. The summed E-state index contributed by atoms with van der Waals surface area (Å²) in [6, 6.07) is 0. The lowest BCUT2D eigenvalue weighted by Gasteiger charge is -2.29. The van der Waals surface area contributed by atoms with E-state index in [1.807, 2.05) is 13.8 Å². The molecule has 0 amide bonds. The fraction of sp³-hybridized carbons (Fsp3) is 0.700. The van der Waals surface area contributed by atoms with Crippen LogP contribution in [0.3, 0.4) is 0 Å². The topological polar surface area (TPSA) is 20.3 Å². The molecule has 2 nitrogen and oxygen atoms in total. The molecule has 2 heteroatoms. The van der Waals surface area contributed by atoms with Gasteiger partial charge in [0.25, 0.3) is 0 Å². The van der Waals surface area contributed by atoms with Gasteiger partial charge in [-0.05, 0) is 6.92 Å². The van der Waals surface area contributed by atoms with Crippen molar-refractivity contribution in [1.29, 1.82) is 0 Å². The van der Waals surface area contributed by atoms with Gasteiger partial charge in [0, 0.05) is 32.0 Å². The number of hydrogen-bond acceptors (Lipinski definition) is 2. The maximum absolute atomic E-state index is 11.2. The third-order valence-electron chi connectivity index (χ3n) is 2.25. The maximum atomic E-state index is 11.2. The van der Waals surface area contributed by atoms with Crippen LogP contribution in [0.4, 0.5) is 0 Å². The summed E-state index contributed by atoms with van der Waals surface area (Å²) < 4.78 is 0. The number of Topliss-reactive ketones (excluding diaryl/α,β-unsaturated/α-hetero) is 1. The molecule has 0 N–H and O–H groups in total. The van der Waals surface area contributed by atoms with Gasteiger partial charge in [-0.25, -0.2) is 0 Å². The van der Waals surface area contributed by atoms with Gasteiger partial charge in [0.2, 0.25) is 0 Å². The standard InChI is InChI=1S/C10H17NO/c1-8(2)6-11-5-4-10(12)9(3)7-11/h9H,1,4-7H2,2-3H3. The molecule has 1 aliphatic heterocycles. The van der Waals surface area contributed by atoms with Gasteiger partial charge in [0.05, 0.1) is 0 Å². The number of hydrogen-bond donors (Lipinski definition) is 0. The van der Waals surface area contributed by atoms with E-state index in [0.29, 0.717) is 12.2 Å². The normalized spacial score (nSPS) is 25.8. The fourth-order valence-electron chi connectivity index (χ4n) is 1.62. The van der Waals surface area contributed by atoms with Gasteiger partial charge < -0.3 is 0 Å². The van der Waals surface area contributed by atoms with Crippen LogP contribution in [0.5, 0.6) is 0 Å². The first-order valence-electron chi connectivity index (χ1n) is 4.49. The Morgan fingerprint density at radius 2 is 2.42 bits per heavy atom. The van der Waals surface area contributed by atoms with E-state index in [0.717, 1.165) is 19.6 Å². The Balaban J connectivity index is 2.40. The van der Waals surface area contributed by atoms with Gasteiger partial charge in [0.1, 0.15) is 5.78 Å². The molecule has 1 saturated heterocycles. The molecule has 0 aromatic rings. The van der Waals surface area contributed by atoms with Crippen LogP contribution in [0.15, 0.2) is 12.2 Å². The second-order valence-electron chi connectivity index (χ2n) is 3.81. The summed E-state index contributed by atoms with van der Waals surface area (Å²) in [4.78, 5) is 13.5. The van der Waals surface area contributed by atoms with Crippen molar-refractivity contribution in [1.82, 2.24) is 4.90 Å². The number of rotatable bonds is 2. The molecule has 0 saturated carbocycles. The van der Waals surface area contributed by atoms with Gasteiger partial charge >= 0.3 is 0 Å². The molecule has 1 unspecified atom stereocenters. The summed E-state index contributed by atoms with van der Waals surface area (Å²) in [5.41, 5.74) is 1.18. The van der Waals surface area contributed by atoms with Crippen molar-refractivity contribution in [2.24, 2.45) is 5.92 Å². The molecule has 1 fully saturated rings. The number of carbonyl (C=O) groups excluding carboxylic acids is 1. The first-order valence-corrected chi connectivity index (χ1v) is 4.49. The summed E-state index contributed by atoms with van der Waals surface area (Å²) in [7, 11) is 0. The van der Waals surface area contributed by atoms with Crippen LogP contribution in [-0.2, 0) is 4.79 Å². The van der Waals surface area contributed by atoms with E-state index in [1.165, 1.54) is 5.57 Å². The summed E-state index contributed by atoms with van der Waals surface area (Å²) in [6.07, 6.45) is 0.717. The molecule has 0 radical (unpaired) electrons. The Bertz CT molecular complexity index is 198. The van der Waals surface area contributed by atoms with Crippen LogP contribution in [0.25, 0.3) is 0 Å². The van der Waals surface area contributed by atoms with Gasteiger partial charge in [-0.1, -0.05) is 19.1 Å². The van der Waals surface area contributed by atoms with Crippen molar-refractivity contribution in [3.63, 3.8) is 0 Å². The molecule has 0 aromatic heterocycles. The number of nitrogens with zero attached hydrogens (tertiary/aromatic N) is 1. The van der Waals surface area contributed by atoms with Crippen LogP contribution >= 0.6 is 0 Å². The molecule has 0 bridgehead atoms. The smallest absolute Gasteiger partial charge is 0.138 e. The zero-order chi connectivity index (χ0) is 9.14. The minimum Gasteiger partial charge on any atom is -0.299 e. The average Bonchev–Trinajstić information content (AvgIpc) is 1.96. The maximum Gasteiger partial charge on any atom is 0.138 e. The van der Waals surface area contributed by atoms with Crippen molar-refractivity contribution in [3.05, 3.63) is 12.2 Å². The molecular formula is C10H17NO. The van der Waals surface area contributed by atoms with Gasteiger partial charge in [-0.15, -0.1) is 0 Å². The van der Waals surface area contributed by atoms with Crippen LogP contribution < -0.4 is 0 Å². The third-order valence-corrected chi connectivity index (χ3v) is 2.25. The molecule has 12 heavy (non-hydrogen) atoms. The minimum atomic E-state index is 0.220. The SMILES string of the molecule is C=C(C)CN1CCC(=O)C(C)C1. The molecule has 1 atom stereocenters. The zero-order valence-corrected chi connectivity index (χ0v) is 7.97. The van der Waals surface area contributed by atoms with E-state index < -0.39 is 0 Å². The number of carbonyl (C=O) groups is 1. The highest BCUT2D eigenvalue weighted by Gasteiger charge is 2.22. The second-order valence-corrected chi connectivity index (χ2v) is 3.81. The highest BCUT2D eigenvalue weighted by atomic mass is 16.1. The Labute approximate surface area is 74.2 Å². The minimum absolute atomic E-state index is 0.220. The van der Waals surface area contributed by atoms with Crippen molar-refractivity contribution in [3.8, 4) is 0 Å². The van der Waals surface area contributed by atoms with Gasteiger partial charge in [-0.3, -0.25) is 9.69 Å². The lowest BCUT2D eigenvalue weighted by atomic mass is 9.98. The van der Waals surface area contributed by atoms with Crippen molar-refractivity contribution in [2.75, 3.05) is 19.6 Å². The molecule has 0 aromatic carbocycles. The number of piperidine rings is 1. The Morgan fingerprint density at radius 1 is 1.75 bits per heavy atom. The van der Waals surface area contributed by atoms with E-state index in [1.54, 1.807) is 0 Å². The zero-order valence-electron chi connectivity index (χ0n) is 7.97. The quantitative estimate of drug-likeness (QED) is 0.580. The summed E-state index contributed by atoms with van der Waals surface area (Å²) in [5.74, 6) is 0.631. The molecule has 68 valence electrons. The fourth-order valence-corrected chi connectivity index (χ4v) is 1.62. The third kappa shape index (κ3) is 2.45. The molecule has 0 spiro atoms. The first-order chi connectivity index (χ1) is 5.59. The van der Waals surface area contributed by atoms with E-state index in [2.05, 4.69) is 11.5 Å². The summed E-state index contributed by atoms with van der Waals surface area (Å²) >= 11 is 0. The summed E-state index contributed by atoms with van der Waals surface area (Å²) in [5, 5.41) is 0. The van der Waals surface area contributed by atoms with Gasteiger partial charge in [-0.2, -0.15) is 0 Å². The molecular weight excluding hydrogens is 150 g/mol. The molecule has 1 aliphatic rings. The predicted octanol–water partition coefficient (Wildman–Crippen LogP) is 1.47. The van der Waals surface area contributed by atoms with E-state index >= 15 is 0 Å². The lowest BCUT2D eigenvalue weighted by Crippen LogP contribution is -2.40. The van der Waals surface area contributed by atoms with Gasteiger partial charge in [0.15, 0.2) is 0 Å². The van der Waals surface area contributed by atoms with Crippen LogP contribution in [-0.4, -0.2) is 30.3 Å². The van der Waals surface area contributed by atoms with Crippen molar-refractivity contribution < 1.29 is 4.79 Å². The Hall–Kier alpha value is -0.630. The average molecular weight is 167 g/mol.